The molecule has 0 aliphatic carbocycles. The molecule has 0 amide bonds. The van der Waals surface area contributed by atoms with Crippen LogP contribution in [0, 0.1) is 0 Å². The summed E-state index contributed by atoms with van der Waals surface area (Å²) in [6.07, 6.45) is 6.02. The van der Waals surface area contributed by atoms with E-state index in [1.165, 1.54) is 32.4 Å². The summed E-state index contributed by atoms with van der Waals surface area (Å²) in [5.41, 5.74) is 0.986. The van der Waals surface area contributed by atoms with Crippen LogP contribution in [0.2, 0.25) is 0 Å². The van der Waals surface area contributed by atoms with E-state index in [4.69, 9.17) is 4.74 Å². The van der Waals surface area contributed by atoms with Crippen molar-refractivity contribution in [1.82, 2.24) is 4.90 Å². The first kappa shape index (κ1) is 16.4. The summed E-state index contributed by atoms with van der Waals surface area (Å²) < 4.78 is 6.31. The number of nitrogens with zero attached hydrogens (tertiary/aromatic N) is 2. The Bertz CT molecular complexity index is 522. The molecule has 4 nitrogen and oxygen atoms in total. The van der Waals surface area contributed by atoms with Crippen LogP contribution >= 0.6 is 0 Å². The molecule has 1 saturated heterocycles. The minimum Gasteiger partial charge on any atom is -0.508 e. The number of rotatable bonds is 5. The van der Waals surface area contributed by atoms with Gasteiger partial charge in [-0.1, -0.05) is 20.3 Å². The molecule has 23 heavy (non-hydrogen) atoms. The number of fused-ring (bicyclic) bond motifs is 1. The topological polar surface area (TPSA) is 35.9 Å². The van der Waals surface area contributed by atoms with Crippen molar-refractivity contribution >= 4 is 5.69 Å². The number of anilines is 1. The lowest BCUT2D eigenvalue weighted by Gasteiger charge is -2.44. The molecule has 0 atom stereocenters. The molecule has 2 aliphatic rings. The van der Waals surface area contributed by atoms with Gasteiger partial charge in [0.2, 0.25) is 0 Å². The zero-order valence-corrected chi connectivity index (χ0v) is 14.6. The van der Waals surface area contributed by atoms with Crippen LogP contribution in [0.3, 0.4) is 0 Å². The number of ether oxygens (including phenoxy) is 1. The summed E-state index contributed by atoms with van der Waals surface area (Å²) in [7, 11) is 0. The molecule has 2 heterocycles. The number of phenolic OH excluding ortho intramolecular Hbond substituents is 1. The fourth-order valence-electron chi connectivity index (χ4n) is 3.81. The Hall–Kier alpha value is -1.42. The maximum Gasteiger partial charge on any atom is 0.147 e. The van der Waals surface area contributed by atoms with Gasteiger partial charge in [-0.05, 0) is 50.9 Å². The summed E-state index contributed by atoms with van der Waals surface area (Å²) in [6.45, 7) is 9.94. The predicted molar refractivity (Wildman–Crippen MR) is 94.6 cm³/mol. The third-order valence-electron chi connectivity index (χ3n) is 5.51. The second-order valence-corrected chi connectivity index (χ2v) is 6.97. The van der Waals surface area contributed by atoms with Crippen molar-refractivity contribution in [2.75, 3.05) is 37.6 Å². The number of hydrogen-bond acceptors (Lipinski definition) is 4. The average molecular weight is 318 g/mol. The highest BCUT2D eigenvalue weighted by atomic mass is 16.5. The van der Waals surface area contributed by atoms with Gasteiger partial charge in [-0.25, -0.2) is 0 Å². The van der Waals surface area contributed by atoms with Crippen molar-refractivity contribution < 1.29 is 9.84 Å². The van der Waals surface area contributed by atoms with E-state index >= 15 is 0 Å². The van der Waals surface area contributed by atoms with E-state index in [0.717, 1.165) is 43.9 Å². The van der Waals surface area contributed by atoms with Crippen molar-refractivity contribution in [2.45, 2.75) is 51.6 Å². The van der Waals surface area contributed by atoms with Crippen molar-refractivity contribution in [3.8, 4) is 11.5 Å². The molecule has 0 saturated carbocycles. The Labute approximate surface area is 140 Å². The number of phenols is 1. The van der Waals surface area contributed by atoms with Gasteiger partial charge in [-0.2, -0.15) is 0 Å². The van der Waals surface area contributed by atoms with Crippen molar-refractivity contribution in [3.63, 3.8) is 0 Å². The van der Waals surface area contributed by atoms with Gasteiger partial charge in [0.1, 0.15) is 17.1 Å². The lowest BCUT2D eigenvalue weighted by molar-refractivity contribution is 0.0564. The summed E-state index contributed by atoms with van der Waals surface area (Å²) in [4.78, 5) is 5.04. The highest BCUT2D eigenvalue weighted by Crippen LogP contribution is 2.41. The molecule has 3 rings (SSSR count). The predicted octanol–water partition coefficient (Wildman–Crippen LogP) is 3.64. The van der Waals surface area contributed by atoms with Crippen LogP contribution in [0.25, 0.3) is 0 Å². The van der Waals surface area contributed by atoms with Gasteiger partial charge in [0.15, 0.2) is 0 Å². The Morgan fingerprint density at radius 2 is 1.83 bits per heavy atom. The van der Waals surface area contributed by atoms with E-state index in [9.17, 15) is 5.11 Å². The summed E-state index contributed by atoms with van der Waals surface area (Å²) >= 11 is 0. The summed E-state index contributed by atoms with van der Waals surface area (Å²) in [6, 6.07) is 5.53. The largest absolute Gasteiger partial charge is 0.508 e. The highest BCUT2D eigenvalue weighted by molar-refractivity contribution is 5.63. The molecule has 0 radical (unpaired) electrons. The van der Waals surface area contributed by atoms with Gasteiger partial charge in [0.05, 0.1) is 12.2 Å². The quantitative estimate of drug-likeness (QED) is 0.899. The lowest BCUT2D eigenvalue weighted by Crippen LogP contribution is -2.52. The van der Waals surface area contributed by atoms with Gasteiger partial charge >= 0.3 is 0 Å². The van der Waals surface area contributed by atoms with Crippen LogP contribution in [0.1, 0.15) is 46.0 Å². The standard InChI is InChI=1S/C19H30N2O2/c1-3-19(4-2)15-21(13-12-20-10-6-5-7-11-20)17-9-8-16(22)14-18(17)23-19/h8-9,14,22H,3-7,10-13,15H2,1-2H3. The highest BCUT2D eigenvalue weighted by Gasteiger charge is 2.37. The second-order valence-electron chi connectivity index (χ2n) is 6.97. The van der Waals surface area contributed by atoms with E-state index in [2.05, 4.69) is 23.6 Å². The van der Waals surface area contributed by atoms with Crippen molar-refractivity contribution in [1.29, 1.82) is 0 Å². The van der Waals surface area contributed by atoms with E-state index in [-0.39, 0.29) is 11.4 Å². The number of likely N-dealkylation sites (tertiary alicyclic amines) is 1. The van der Waals surface area contributed by atoms with Crippen molar-refractivity contribution in [2.24, 2.45) is 0 Å². The minimum absolute atomic E-state index is 0.136. The zero-order chi connectivity index (χ0) is 16.3. The third kappa shape index (κ3) is 3.57. The lowest BCUT2D eigenvalue weighted by atomic mass is 9.94. The molecular formula is C19H30N2O2. The van der Waals surface area contributed by atoms with E-state index in [1.807, 2.05) is 6.07 Å². The van der Waals surface area contributed by atoms with Crippen molar-refractivity contribution in [3.05, 3.63) is 18.2 Å². The molecular weight excluding hydrogens is 288 g/mol. The Kier molecular flexibility index (Phi) is 5.00. The fraction of sp³-hybridized carbons (Fsp3) is 0.684. The molecule has 1 fully saturated rings. The second kappa shape index (κ2) is 7.00. The Balaban J connectivity index is 1.77. The molecule has 0 unspecified atom stereocenters. The maximum atomic E-state index is 9.82. The fourth-order valence-corrected chi connectivity index (χ4v) is 3.81. The molecule has 2 aliphatic heterocycles. The van der Waals surface area contributed by atoms with Gasteiger partial charge < -0.3 is 19.6 Å². The Morgan fingerprint density at radius 3 is 2.52 bits per heavy atom. The molecule has 0 aromatic heterocycles. The number of hydrogen-bond donors (Lipinski definition) is 1. The smallest absolute Gasteiger partial charge is 0.147 e. The molecule has 0 spiro atoms. The minimum atomic E-state index is -0.136. The van der Waals surface area contributed by atoms with Crippen LogP contribution in [-0.2, 0) is 0 Å². The maximum absolute atomic E-state index is 9.82. The number of aromatic hydroxyl groups is 1. The number of piperidine rings is 1. The van der Waals surface area contributed by atoms with Crippen LogP contribution in [-0.4, -0.2) is 48.3 Å². The monoisotopic (exact) mass is 318 g/mol. The molecule has 128 valence electrons. The van der Waals surface area contributed by atoms with Crippen LogP contribution in [0.5, 0.6) is 11.5 Å². The molecule has 4 heteroatoms. The molecule has 1 aromatic rings. The van der Waals surface area contributed by atoms with E-state index in [0.29, 0.717) is 0 Å². The zero-order valence-electron chi connectivity index (χ0n) is 14.6. The van der Waals surface area contributed by atoms with E-state index in [1.54, 1.807) is 12.1 Å². The van der Waals surface area contributed by atoms with Crippen LogP contribution < -0.4 is 9.64 Å². The van der Waals surface area contributed by atoms with Gasteiger partial charge in [0, 0.05) is 19.2 Å². The first-order valence-electron chi connectivity index (χ1n) is 9.15. The average Bonchev–Trinajstić information content (AvgIpc) is 2.60. The summed E-state index contributed by atoms with van der Waals surface area (Å²) in [5.74, 6) is 1.11. The van der Waals surface area contributed by atoms with Gasteiger partial charge in [0.25, 0.3) is 0 Å². The number of benzene rings is 1. The first-order valence-corrected chi connectivity index (χ1v) is 9.15. The Morgan fingerprint density at radius 1 is 1.09 bits per heavy atom. The third-order valence-corrected chi connectivity index (χ3v) is 5.51. The van der Waals surface area contributed by atoms with Gasteiger partial charge in [-0.15, -0.1) is 0 Å². The normalized spacial score (nSPS) is 20.9. The molecule has 1 aromatic carbocycles. The summed E-state index contributed by atoms with van der Waals surface area (Å²) in [5, 5.41) is 9.82. The van der Waals surface area contributed by atoms with Crippen LogP contribution in [0.15, 0.2) is 18.2 Å². The van der Waals surface area contributed by atoms with Crippen LogP contribution in [0.4, 0.5) is 5.69 Å². The molecule has 1 N–H and O–H groups in total. The van der Waals surface area contributed by atoms with E-state index < -0.39 is 0 Å². The van der Waals surface area contributed by atoms with Gasteiger partial charge in [-0.3, -0.25) is 0 Å². The SMILES string of the molecule is CCC1(CC)CN(CCN2CCCCC2)c2ccc(O)cc2O1. The molecule has 0 bridgehead atoms. The first-order chi connectivity index (χ1) is 11.2.